The van der Waals surface area contributed by atoms with E-state index < -0.39 is 9.84 Å². The Hall–Kier alpha value is -0.620. The number of β-amino-alcohol motifs (C(OH)–C–C–N with tert-alkyl or cyclic N) is 1. The number of rotatable bonds is 2. The summed E-state index contributed by atoms with van der Waals surface area (Å²) in [7, 11) is -2.55. The van der Waals surface area contributed by atoms with Crippen LogP contribution in [0, 0.1) is 0 Å². The molecule has 0 bridgehead atoms. The second-order valence-electron chi connectivity index (χ2n) is 4.07. The molecule has 2 aliphatic rings. The van der Waals surface area contributed by atoms with Crippen molar-refractivity contribution < 1.29 is 18.3 Å². The van der Waals surface area contributed by atoms with Gasteiger partial charge in [0.1, 0.15) is 9.84 Å². The lowest BCUT2D eigenvalue weighted by Gasteiger charge is -2.11. The molecule has 2 heterocycles. The fourth-order valence-corrected chi connectivity index (χ4v) is 3.30. The van der Waals surface area contributed by atoms with Crippen LogP contribution in [0.5, 0.6) is 0 Å². The summed E-state index contributed by atoms with van der Waals surface area (Å²) in [6.07, 6.45) is 3.38. The summed E-state index contributed by atoms with van der Waals surface area (Å²) in [6, 6.07) is 0. The van der Waals surface area contributed by atoms with E-state index in [0.717, 1.165) is 25.8 Å². The lowest BCUT2D eigenvalue weighted by molar-refractivity contribution is -0.128. The molecule has 0 unspecified atom stereocenters. The predicted octanol–water partition coefficient (Wildman–Crippen LogP) is -0.204. The van der Waals surface area contributed by atoms with E-state index in [4.69, 9.17) is 5.11 Å². The molecular weight excluding hydrogens is 230 g/mol. The van der Waals surface area contributed by atoms with Crippen molar-refractivity contribution in [3.8, 4) is 0 Å². The summed E-state index contributed by atoms with van der Waals surface area (Å²) in [5, 5.41) is 8.45. The number of amides is 1. The van der Waals surface area contributed by atoms with Crippen LogP contribution >= 0.6 is 0 Å². The van der Waals surface area contributed by atoms with Crippen LogP contribution in [0.1, 0.15) is 25.7 Å². The summed E-state index contributed by atoms with van der Waals surface area (Å²) in [5.74, 6) is 1.03. The molecule has 0 aliphatic carbocycles. The molecule has 5 nitrogen and oxygen atoms in total. The Morgan fingerprint density at radius 3 is 2.12 bits per heavy atom. The molecule has 1 N–H and O–H groups in total. The van der Waals surface area contributed by atoms with E-state index in [0.29, 0.717) is 24.5 Å². The molecule has 0 aromatic rings. The third-order valence-electron chi connectivity index (χ3n) is 2.70. The molecule has 0 atom stereocenters. The van der Waals surface area contributed by atoms with E-state index in [1.54, 1.807) is 4.90 Å². The van der Waals surface area contributed by atoms with Crippen molar-refractivity contribution in [1.82, 2.24) is 4.90 Å². The summed E-state index contributed by atoms with van der Waals surface area (Å²) >= 11 is 0. The van der Waals surface area contributed by atoms with Crippen molar-refractivity contribution in [3.05, 3.63) is 0 Å². The number of sulfone groups is 1. The molecule has 94 valence electrons. The van der Waals surface area contributed by atoms with E-state index in [2.05, 4.69) is 0 Å². The van der Waals surface area contributed by atoms with E-state index in [1.165, 1.54) is 0 Å². The van der Waals surface area contributed by atoms with Crippen LogP contribution in [0.4, 0.5) is 0 Å². The number of hydrogen-bond acceptors (Lipinski definition) is 4. The highest BCUT2D eigenvalue weighted by Crippen LogP contribution is 2.08. The molecule has 6 heteroatoms. The molecule has 2 aliphatic heterocycles. The van der Waals surface area contributed by atoms with E-state index >= 15 is 0 Å². The Balaban J connectivity index is 0.000000165. The monoisotopic (exact) mass is 249 g/mol. The standard InChI is InChI=1S/C6H11NO2.C4H8O2S/c8-5-4-7-3-1-2-6(7)9;5-7(6)3-1-2-4-7/h8H,1-5H2;1-4H2. The van der Waals surface area contributed by atoms with Gasteiger partial charge in [0.15, 0.2) is 0 Å². The molecule has 2 fully saturated rings. The van der Waals surface area contributed by atoms with Gasteiger partial charge in [0.25, 0.3) is 0 Å². The topological polar surface area (TPSA) is 74.7 Å². The summed E-state index contributed by atoms with van der Waals surface area (Å²) in [5.41, 5.74) is 0. The SMILES string of the molecule is O=C1CCCN1CCO.O=S1(=O)CCCC1. The number of nitrogens with zero attached hydrogens (tertiary/aromatic N) is 1. The molecular formula is C10H19NO4S. The molecule has 0 aromatic heterocycles. The summed E-state index contributed by atoms with van der Waals surface area (Å²) < 4.78 is 20.9. The van der Waals surface area contributed by atoms with Crippen molar-refractivity contribution >= 4 is 15.7 Å². The fourth-order valence-electron chi connectivity index (χ4n) is 1.81. The number of carbonyl (C=O) groups is 1. The molecule has 2 saturated heterocycles. The van der Waals surface area contributed by atoms with Crippen LogP contribution in [-0.2, 0) is 14.6 Å². The Morgan fingerprint density at radius 1 is 1.19 bits per heavy atom. The highest BCUT2D eigenvalue weighted by molar-refractivity contribution is 7.91. The van der Waals surface area contributed by atoms with Gasteiger partial charge in [-0.3, -0.25) is 4.79 Å². The minimum absolute atomic E-state index is 0.0890. The minimum Gasteiger partial charge on any atom is -0.395 e. The van der Waals surface area contributed by atoms with Gasteiger partial charge in [-0.1, -0.05) is 0 Å². The Morgan fingerprint density at radius 2 is 1.81 bits per heavy atom. The quantitative estimate of drug-likeness (QED) is 0.735. The second-order valence-corrected chi connectivity index (χ2v) is 6.37. The van der Waals surface area contributed by atoms with Gasteiger partial charge in [-0.05, 0) is 19.3 Å². The number of likely N-dealkylation sites (tertiary alicyclic amines) is 1. The summed E-state index contributed by atoms with van der Waals surface area (Å²) in [6.45, 7) is 1.43. The molecule has 2 rings (SSSR count). The average Bonchev–Trinajstić information content (AvgIpc) is 2.78. The van der Waals surface area contributed by atoms with E-state index in [-0.39, 0.29) is 12.5 Å². The fraction of sp³-hybridized carbons (Fsp3) is 0.900. The van der Waals surface area contributed by atoms with Crippen molar-refractivity contribution in [1.29, 1.82) is 0 Å². The molecule has 0 radical (unpaired) electrons. The first-order valence-electron chi connectivity index (χ1n) is 5.64. The predicted molar refractivity (Wildman–Crippen MR) is 60.8 cm³/mol. The first-order valence-corrected chi connectivity index (χ1v) is 7.46. The van der Waals surface area contributed by atoms with Crippen molar-refractivity contribution in [2.24, 2.45) is 0 Å². The number of carbonyl (C=O) groups excluding carboxylic acids is 1. The van der Waals surface area contributed by atoms with E-state index in [9.17, 15) is 13.2 Å². The zero-order chi connectivity index (χ0) is 12.0. The normalized spacial score (nSPS) is 23.1. The van der Waals surface area contributed by atoms with Crippen LogP contribution in [0.2, 0.25) is 0 Å². The maximum atomic E-state index is 10.8. The Bertz CT molecular complexity index is 314. The maximum absolute atomic E-state index is 10.8. The largest absolute Gasteiger partial charge is 0.395 e. The van der Waals surface area contributed by atoms with Gasteiger partial charge in [-0.15, -0.1) is 0 Å². The highest BCUT2D eigenvalue weighted by atomic mass is 32.2. The highest BCUT2D eigenvalue weighted by Gasteiger charge is 2.18. The van der Waals surface area contributed by atoms with Gasteiger partial charge < -0.3 is 10.0 Å². The molecule has 0 saturated carbocycles. The van der Waals surface area contributed by atoms with Crippen molar-refractivity contribution in [2.45, 2.75) is 25.7 Å². The second kappa shape index (κ2) is 6.20. The Kier molecular flexibility index (Phi) is 5.21. The third kappa shape index (κ3) is 4.49. The Labute approximate surface area is 96.4 Å². The van der Waals surface area contributed by atoms with E-state index in [1.807, 2.05) is 0 Å². The molecule has 0 spiro atoms. The van der Waals surface area contributed by atoms with Crippen LogP contribution in [0.25, 0.3) is 0 Å². The van der Waals surface area contributed by atoms with Crippen LogP contribution < -0.4 is 0 Å². The zero-order valence-electron chi connectivity index (χ0n) is 9.39. The van der Waals surface area contributed by atoms with Gasteiger partial charge in [0.2, 0.25) is 5.91 Å². The van der Waals surface area contributed by atoms with Crippen molar-refractivity contribution in [3.63, 3.8) is 0 Å². The van der Waals surface area contributed by atoms with Crippen molar-refractivity contribution in [2.75, 3.05) is 31.2 Å². The van der Waals surface area contributed by atoms with Gasteiger partial charge in [-0.25, -0.2) is 8.42 Å². The third-order valence-corrected chi connectivity index (χ3v) is 4.52. The maximum Gasteiger partial charge on any atom is 0.222 e. The zero-order valence-corrected chi connectivity index (χ0v) is 10.2. The average molecular weight is 249 g/mol. The number of aliphatic hydroxyl groups is 1. The molecule has 16 heavy (non-hydrogen) atoms. The molecule has 0 aromatic carbocycles. The number of aliphatic hydroxyl groups excluding tert-OH is 1. The van der Waals surface area contributed by atoms with Gasteiger partial charge >= 0.3 is 0 Å². The number of hydrogen-bond donors (Lipinski definition) is 1. The van der Waals surface area contributed by atoms with Crippen LogP contribution in [-0.4, -0.2) is 55.5 Å². The first-order chi connectivity index (χ1) is 7.55. The smallest absolute Gasteiger partial charge is 0.222 e. The first kappa shape index (κ1) is 13.4. The van der Waals surface area contributed by atoms with Gasteiger partial charge in [-0.2, -0.15) is 0 Å². The van der Waals surface area contributed by atoms with Gasteiger partial charge in [0.05, 0.1) is 18.1 Å². The van der Waals surface area contributed by atoms with Crippen LogP contribution in [0.3, 0.4) is 0 Å². The molecule has 1 amide bonds. The minimum atomic E-state index is -2.55. The summed E-state index contributed by atoms with van der Waals surface area (Å²) in [4.78, 5) is 12.5. The van der Waals surface area contributed by atoms with Gasteiger partial charge in [0, 0.05) is 19.5 Å². The van der Waals surface area contributed by atoms with Crippen LogP contribution in [0.15, 0.2) is 0 Å². The lowest BCUT2D eigenvalue weighted by atomic mass is 10.4. The lowest BCUT2D eigenvalue weighted by Crippen LogP contribution is -2.27.